The summed E-state index contributed by atoms with van der Waals surface area (Å²) in [5.74, 6) is 2.41. The summed E-state index contributed by atoms with van der Waals surface area (Å²) in [6.45, 7) is 23.3. The number of fused-ring (bicyclic) bond motifs is 4. The normalized spacial score (nSPS) is 12.9. The lowest BCUT2D eigenvalue weighted by atomic mass is 9.85. The highest BCUT2D eigenvalue weighted by Crippen LogP contribution is 2.51. The zero-order valence-corrected chi connectivity index (χ0v) is 46.7. The second-order valence-corrected chi connectivity index (χ2v) is 24.2. The van der Waals surface area contributed by atoms with Crippen molar-refractivity contribution >= 4 is 44.6 Å². The van der Waals surface area contributed by atoms with E-state index in [0.29, 0.717) is 6.67 Å². The number of ether oxygens (including phenoxy) is 1. The molecule has 0 N–H and O–H groups in total. The summed E-state index contributed by atoms with van der Waals surface area (Å²) in [6, 6.07) is 77.5. The highest BCUT2D eigenvalue weighted by atomic mass is 16.5. The quantitative estimate of drug-likeness (QED) is 0.144. The summed E-state index contributed by atoms with van der Waals surface area (Å²) in [7, 11) is 0. The van der Waals surface area contributed by atoms with Gasteiger partial charge in [0.05, 0.1) is 28.1 Å². The van der Waals surface area contributed by atoms with E-state index in [1.54, 1.807) is 0 Å². The van der Waals surface area contributed by atoms with E-state index in [1.807, 2.05) is 6.20 Å². The Balaban J connectivity index is 0.972. The third-order valence-corrected chi connectivity index (χ3v) is 15.7. The first-order chi connectivity index (χ1) is 37.5. The van der Waals surface area contributed by atoms with E-state index in [2.05, 4.69) is 296 Å². The predicted molar refractivity (Wildman–Crippen MR) is 330 cm³/mol. The van der Waals surface area contributed by atoms with Crippen LogP contribution in [0.5, 0.6) is 11.5 Å². The van der Waals surface area contributed by atoms with E-state index in [0.717, 1.165) is 61.9 Å². The molecular weight excluding hydrogens is 949 g/mol. The van der Waals surface area contributed by atoms with Crippen molar-refractivity contribution in [3.05, 3.63) is 241 Å². The maximum absolute atomic E-state index is 7.15. The van der Waals surface area contributed by atoms with Crippen LogP contribution in [0.15, 0.2) is 219 Å². The van der Waals surface area contributed by atoms with Crippen LogP contribution in [0.1, 0.15) is 84.6 Å². The summed E-state index contributed by atoms with van der Waals surface area (Å²) >= 11 is 0. The van der Waals surface area contributed by atoms with Crippen LogP contribution in [-0.2, 0) is 16.2 Å². The van der Waals surface area contributed by atoms with Crippen molar-refractivity contribution < 1.29 is 4.74 Å². The van der Waals surface area contributed by atoms with Gasteiger partial charge in [0, 0.05) is 51.5 Å². The highest BCUT2D eigenvalue weighted by molar-refractivity contribution is 6.10. The van der Waals surface area contributed by atoms with Crippen molar-refractivity contribution in [1.82, 2.24) is 9.55 Å². The SMILES string of the molecule is Cc1cc(-n2c3ccc(C(C)(C)C)cc3c3ccc(Oc4cc(N5CN(c6c(-c7ccc(C(C)(C)C)cc7)cccc6-c6cccc(-c7ccccc7)c6)c6ccccc65)cc(C(C)(C)C)c4)cc32)ncc1-c1ccccc1. The fourth-order valence-electron chi connectivity index (χ4n) is 11.3. The van der Waals surface area contributed by atoms with E-state index in [-0.39, 0.29) is 16.2 Å². The molecule has 0 fully saturated rings. The monoisotopic (exact) mass is 1020 g/mol. The molecule has 0 radical (unpaired) electrons. The second kappa shape index (κ2) is 19.4. The Labute approximate surface area is 461 Å². The standard InChI is InChI=1S/C73H68N4O/c1-48-39-69(74-46-64(48)50-23-15-12-16-24-50)77-65-38-35-55(72(5,6)7)43-63(65)62-37-36-58(45-68(62)77)78-59-42-56(73(8,9)10)41-57(44-59)75-47-76(67-30-18-17-29-66(67)75)70-60(51-31-33-54(34-32-51)71(2,3)4)27-20-28-61(70)53-26-19-25-52(40-53)49-21-13-11-14-22-49/h11-46H,47H2,1-10H3. The Morgan fingerprint density at radius 1 is 0.397 bits per heavy atom. The molecular formula is C73H68N4O. The van der Waals surface area contributed by atoms with E-state index in [9.17, 15) is 0 Å². The molecule has 1 aliphatic rings. The van der Waals surface area contributed by atoms with Gasteiger partial charge in [0.1, 0.15) is 24.0 Å². The Morgan fingerprint density at radius 2 is 0.987 bits per heavy atom. The molecule has 78 heavy (non-hydrogen) atoms. The largest absolute Gasteiger partial charge is 0.457 e. The average Bonchev–Trinajstić information content (AvgIpc) is 4.19. The van der Waals surface area contributed by atoms with Gasteiger partial charge in [0.15, 0.2) is 0 Å². The second-order valence-electron chi connectivity index (χ2n) is 24.2. The van der Waals surface area contributed by atoms with Gasteiger partial charge in [-0.2, -0.15) is 0 Å². The van der Waals surface area contributed by atoms with Gasteiger partial charge in [-0.15, -0.1) is 0 Å². The van der Waals surface area contributed by atoms with Crippen molar-refractivity contribution in [3.8, 4) is 61.8 Å². The molecule has 0 bridgehead atoms. The maximum Gasteiger partial charge on any atom is 0.137 e. The van der Waals surface area contributed by atoms with Gasteiger partial charge in [-0.3, -0.25) is 4.57 Å². The van der Waals surface area contributed by atoms with Crippen molar-refractivity contribution in [3.63, 3.8) is 0 Å². The van der Waals surface area contributed by atoms with Gasteiger partial charge in [-0.1, -0.05) is 202 Å². The minimum absolute atomic E-state index is 0.0149. The number of aryl methyl sites for hydroxylation is 1. The van der Waals surface area contributed by atoms with Crippen LogP contribution in [-0.4, -0.2) is 16.2 Å². The smallest absolute Gasteiger partial charge is 0.137 e. The van der Waals surface area contributed by atoms with Crippen LogP contribution in [0.25, 0.3) is 72.1 Å². The predicted octanol–water partition coefficient (Wildman–Crippen LogP) is 20.1. The Kier molecular flexibility index (Phi) is 12.5. The first kappa shape index (κ1) is 50.2. The first-order valence-electron chi connectivity index (χ1n) is 27.4. The van der Waals surface area contributed by atoms with Crippen LogP contribution in [0.2, 0.25) is 0 Å². The van der Waals surface area contributed by atoms with Crippen molar-refractivity contribution in [2.75, 3.05) is 16.5 Å². The summed E-state index contributed by atoms with van der Waals surface area (Å²) < 4.78 is 9.46. The molecule has 11 aromatic rings. The van der Waals surface area contributed by atoms with E-state index in [4.69, 9.17) is 9.72 Å². The number of benzene rings is 9. The Morgan fingerprint density at radius 3 is 1.67 bits per heavy atom. The minimum Gasteiger partial charge on any atom is -0.457 e. The van der Waals surface area contributed by atoms with Crippen molar-refractivity contribution in [2.45, 2.75) is 85.5 Å². The van der Waals surface area contributed by atoms with Gasteiger partial charge in [0.25, 0.3) is 0 Å². The lowest BCUT2D eigenvalue weighted by molar-refractivity contribution is 0.479. The number of para-hydroxylation sites is 3. The molecule has 1 aliphatic heterocycles. The molecule has 0 unspecified atom stereocenters. The van der Waals surface area contributed by atoms with E-state index < -0.39 is 0 Å². The molecule has 5 heteroatoms. The average molecular weight is 1020 g/mol. The van der Waals surface area contributed by atoms with Gasteiger partial charge < -0.3 is 14.5 Å². The molecule has 12 rings (SSSR count). The fraction of sp³-hybridized carbons (Fsp3) is 0.192. The molecule has 0 aliphatic carbocycles. The number of hydrogen-bond donors (Lipinski definition) is 0. The number of hydrogen-bond acceptors (Lipinski definition) is 4. The molecule has 0 saturated heterocycles. The van der Waals surface area contributed by atoms with Gasteiger partial charge in [0.2, 0.25) is 0 Å². The third-order valence-electron chi connectivity index (χ3n) is 15.7. The summed E-state index contributed by atoms with van der Waals surface area (Å²) in [5, 5.41) is 2.35. The van der Waals surface area contributed by atoms with Crippen molar-refractivity contribution in [2.24, 2.45) is 0 Å². The molecule has 5 nitrogen and oxygen atoms in total. The minimum atomic E-state index is -0.174. The fourth-order valence-corrected chi connectivity index (χ4v) is 11.3. The maximum atomic E-state index is 7.15. The van der Waals surface area contributed by atoms with Crippen LogP contribution in [0, 0.1) is 6.92 Å². The van der Waals surface area contributed by atoms with Gasteiger partial charge in [-0.25, -0.2) is 4.98 Å². The summed E-state index contributed by atoms with van der Waals surface area (Å²) in [6.07, 6.45) is 2.02. The molecule has 0 saturated carbocycles. The molecule has 9 aromatic carbocycles. The van der Waals surface area contributed by atoms with Gasteiger partial charge >= 0.3 is 0 Å². The van der Waals surface area contributed by atoms with Crippen molar-refractivity contribution in [1.29, 1.82) is 0 Å². The zero-order chi connectivity index (χ0) is 54.1. The Bertz CT molecular complexity index is 4040. The van der Waals surface area contributed by atoms with Gasteiger partial charge in [-0.05, 0) is 134 Å². The first-order valence-corrected chi connectivity index (χ1v) is 27.4. The number of anilines is 4. The lowest BCUT2D eigenvalue weighted by Crippen LogP contribution is -2.25. The number of pyridine rings is 1. The van der Waals surface area contributed by atoms with Crippen LogP contribution < -0.4 is 14.5 Å². The number of nitrogens with zero attached hydrogens (tertiary/aromatic N) is 4. The molecule has 2 aromatic heterocycles. The number of rotatable bonds is 9. The molecule has 0 atom stereocenters. The molecule has 0 amide bonds. The summed E-state index contributed by atoms with van der Waals surface area (Å²) in [5.41, 5.74) is 20.9. The number of aromatic nitrogens is 2. The third kappa shape index (κ3) is 9.42. The zero-order valence-electron chi connectivity index (χ0n) is 46.7. The lowest BCUT2D eigenvalue weighted by Gasteiger charge is -2.28. The summed E-state index contributed by atoms with van der Waals surface area (Å²) in [4.78, 5) is 10.2. The van der Waals surface area contributed by atoms with Crippen LogP contribution >= 0.6 is 0 Å². The van der Waals surface area contributed by atoms with Crippen LogP contribution in [0.4, 0.5) is 22.7 Å². The van der Waals surface area contributed by atoms with E-state index in [1.165, 1.54) is 66.7 Å². The highest BCUT2D eigenvalue weighted by Gasteiger charge is 2.33. The Hall–Kier alpha value is -8.67. The molecule has 0 spiro atoms. The molecule has 386 valence electrons. The van der Waals surface area contributed by atoms with Crippen LogP contribution in [0.3, 0.4) is 0 Å². The van der Waals surface area contributed by atoms with E-state index >= 15 is 0 Å². The topological polar surface area (TPSA) is 33.5 Å². The molecule has 3 heterocycles.